The van der Waals surface area contributed by atoms with Crippen molar-refractivity contribution >= 4 is 0 Å². The van der Waals surface area contributed by atoms with Gasteiger partial charge in [0.05, 0.1) is 5.41 Å². The molecular weight excluding hydrogens is 242 g/mol. The van der Waals surface area contributed by atoms with Crippen molar-refractivity contribution in [3.63, 3.8) is 0 Å². The standard InChI is InChI=1S/C14H17N3O2/c1-14(2,8-15)13-16-12(17-19-13)11-7-9-5-3-4-6-10(9)18-11/h3-6,11H,7-8,15H2,1-2H3. The maximum absolute atomic E-state index is 5.84. The van der Waals surface area contributed by atoms with Gasteiger partial charge >= 0.3 is 0 Å². The Labute approximate surface area is 111 Å². The van der Waals surface area contributed by atoms with Crippen LogP contribution in [0.4, 0.5) is 0 Å². The van der Waals surface area contributed by atoms with Crippen molar-refractivity contribution in [1.29, 1.82) is 0 Å². The summed E-state index contributed by atoms with van der Waals surface area (Å²) in [5.74, 6) is 2.05. The summed E-state index contributed by atoms with van der Waals surface area (Å²) in [6, 6.07) is 7.98. The van der Waals surface area contributed by atoms with Gasteiger partial charge in [0.2, 0.25) is 11.7 Å². The van der Waals surface area contributed by atoms with E-state index in [0.29, 0.717) is 18.3 Å². The molecular formula is C14H17N3O2. The second-order valence-corrected chi connectivity index (χ2v) is 5.46. The van der Waals surface area contributed by atoms with Crippen LogP contribution in [-0.4, -0.2) is 16.7 Å². The number of para-hydroxylation sites is 1. The van der Waals surface area contributed by atoms with E-state index in [1.54, 1.807) is 0 Å². The van der Waals surface area contributed by atoms with Gasteiger partial charge in [0.1, 0.15) is 5.75 Å². The zero-order valence-electron chi connectivity index (χ0n) is 11.1. The van der Waals surface area contributed by atoms with Crippen LogP contribution in [0.25, 0.3) is 0 Å². The number of rotatable bonds is 3. The van der Waals surface area contributed by atoms with E-state index in [2.05, 4.69) is 16.2 Å². The van der Waals surface area contributed by atoms with Crippen LogP contribution in [0.5, 0.6) is 5.75 Å². The molecule has 1 aliphatic rings. The Balaban J connectivity index is 1.83. The maximum atomic E-state index is 5.84. The molecule has 0 saturated heterocycles. The summed E-state index contributed by atoms with van der Waals surface area (Å²) in [6.45, 7) is 4.42. The van der Waals surface area contributed by atoms with Crippen LogP contribution in [0.1, 0.15) is 37.2 Å². The Morgan fingerprint density at radius 3 is 2.89 bits per heavy atom. The summed E-state index contributed by atoms with van der Waals surface area (Å²) in [5, 5.41) is 4.03. The average molecular weight is 259 g/mol. The summed E-state index contributed by atoms with van der Waals surface area (Å²) >= 11 is 0. The molecule has 1 aromatic carbocycles. The molecule has 0 spiro atoms. The van der Waals surface area contributed by atoms with Gasteiger partial charge in [0.25, 0.3) is 0 Å². The van der Waals surface area contributed by atoms with Crippen LogP contribution in [0.2, 0.25) is 0 Å². The molecule has 1 aliphatic heterocycles. The van der Waals surface area contributed by atoms with Gasteiger partial charge in [0.15, 0.2) is 6.10 Å². The third kappa shape index (κ3) is 2.10. The Kier molecular flexibility index (Phi) is 2.78. The van der Waals surface area contributed by atoms with Gasteiger partial charge in [-0.3, -0.25) is 0 Å². The van der Waals surface area contributed by atoms with Gasteiger partial charge in [0, 0.05) is 13.0 Å². The molecule has 1 aromatic heterocycles. The molecule has 2 aromatic rings. The first-order valence-corrected chi connectivity index (χ1v) is 6.39. The lowest BCUT2D eigenvalue weighted by atomic mass is 9.94. The Bertz CT molecular complexity index is 567. The largest absolute Gasteiger partial charge is 0.482 e. The summed E-state index contributed by atoms with van der Waals surface area (Å²) in [4.78, 5) is 4.44. The van der Waals surface area contributed by atoms with Crippen LogP contribution in [0.3, 0.4) is 0 Å². The number of nitrogens with zero attached hydrogens (tertiary/aromatic N) is 2. The Hall–Kier alpha value is -1.88. The molecule has 5 heteroatoms. The summed E-state index contributed by atoms with van der Waals surface area (Å²) in [7, 11) is 0. The molecule has 5 nitrogen and oxygen atoms in total. The van der Waals surface area contributed by atoms with Crippen LogP contribution in [-0.2, 0) is 11.8 Å². The zero-order chi connectivity index (χ0) is 13.5. The summed E-state index contributed by atoms with van der Waals surface area (Å²) in [5.41, 5.74) is 6.58. The fourth-order valence-electron chi connectivity index (χ4n) is 2.05. The molecule has 3 rings (SSSR count). The van der Waals surface area contributed by atoms with Crippen LogP contribution in [0, 0.1) is 0 Å². The molecule has 0 saturated carbocycles. The van der Waals surface area contributed by atoms with Gasteiger partial charge in [-0.15, -0.1) is 0 Å². The second kappa shape index (κ2) is 4.35. The minimum absolute atomic E-state index is 0.163. The number of hydrogen-bond acceptors (Lipinski definition) is 5. The van der Waals surface area contributed by atoms with Gasteiger partial charge in [-0.2, -0.15) is 4.98 Å². The number of ether oxygens (including phenoxy) is 1. The highest BCUT2D eigenvalue weighted by molar-refractivity contribution is 5.37. The highest BCUT2D eigenvalue weighted by Gasteiger charge is 2.31. The molecule has 19 heavy (non-hydrogen) atoms. The van der Waals surface area contributed by atoms with Crippen molar-refractivity contribution in [3.8, 4) is 5.75 Å². The van der Waals surface area contributed by atoms with Gasteiger partial charge in [-0.05, 0) is 25.5 Å². The molecule has 0 fully saturated rings. The van der Waals surface area contributed by atoms with Crippen LogP contribution in [0.15, 0.2) is 28.8 Å². The molecule has 1 unspecified atom stereocenters. The summed E-state index contributed by atoms with van der Waals surface area (Å²) < 4.78 is 11.1. The Morgan fingerprint density at radius 2 is 2.16 bits per heavy atom. The molecule has 0 radical (unpaired) electrons. The third-order valence-electron chi connectivity index (χ3n) is 3.47. The van der Waals surface area contributed by atoms with E-state index in [4.69, 9.17) is 15.0 Å². The average Bonchev–Trinajstić information content (AvgIpc) is 3.05. The maximum Gasteiger partial charge on any atom is 0.233 e. The van der Waals surface area contributed by atoms with Crippen molar-refractivity contribution in [2.24, 2.45) is 5.73 Å². The lowest BCUT2D eigenvalue weighted by Crippen LogP contribution is -2.28. The minimum atomic E-state index is -0.309. The fourth-order valence-corrected chi connectivity index (χ4v) is 2.05. The highest BCUT2D eigenvalue weighted by atomic mass is 16.5. The van der Waals surface area contributed by atoms with E-state index in [9.17, 15) is 0 Å². The molecule has 2 heterocycles. The van der Waals surface area contributed by atoms with Crippen molar-refractivity contribution in [3.05, 3.63) is 41.5 Å². The number of nitrogens with two attached hydrogens (primary N) is 1. The quantitative estimate of drug-likeness (QED) is 0.912. The van der Waals surface area contributed by atoms with Gasteiger partial charge in [-0.1, -0.05) is 23.4 Å². The third-order valence-corrected chi connectivity index (χ3v) is 3.47. The topological polar surface area (TPSA) is 74.2 Å². The zero-order valence-corrected chi connectivity index (χ0v) is 11.1. The van der Waals surface area contributed by atoms with E-state index in [1.165, 1.54) is 5.56 Å². The minimum Gasteiger partial charge on any atom is -0.482 e. The first-order valence-electron chi connectivity index (χ1n) is 6.39. The highest BCUT2D eigenvalue weighted by Crippen LogP contribution is 2.35. The SMILES string of the molecule is CC(C)(CN)c1nc(C2Cc3ccccc3O2)no1. The molecule has 0 aliphatic carbocycles. The van der Waals surface area contributed by atoms with Gasteiger partial charge < -0.3 is 15.0 Å². The second-order valence-electron chi connectivity index (χ2n) is 5.46. The lowest BCUT2D eigenvalue weighted by Gasteiger charge is -2.15. The van der Waals surface area contributed by atoms with Crippen molar-refractivity contribution < 1.29 is 9.26 Å². The van der Waals surface area contributed by atoms with E-state index < -0.39 is 0 Å². The van der Waals surface area contributed by atoms with Crippen LogP contribution >= 0.6 is 0 Å². The lowest BCUT2D eigenvalue weighted by molar-refractivity contribution is 0.220. The van der Waals surface area contributed by atoms with Crippen molar-refractivity contribution in [1.82, 2.24) is 10.1 Å². The van der Waals surface area contributed by atoms with Crippen molar-refractivity contribution in [2.45, 2.75) is 31.8 Å². The molecule has 2 N–H and O–H groups in total. The number of benzene rings is 1. The van der Waals surface area contributed by atoms with E-state index in [-0.39, 0.29) is 11.5 Å². The van der Waals surface area contributed by atoms with E-state index in [0.717, 1.165) is 12.2 Å². The monoisotopic (exact) mass is 259 g/mol. The Morgan fingerprint density at radius 1 is 1.37 bits per heavy atom. The van der Waals surface area contributed by atoms with E-state index in [1.807, 2.05) is 32.0 Å². The first kappa shape index (κ1) is 12.2. The van der Waals surface area contributed by atoms with E-state index >= 15 is 0 Å². The fraction of sp³-hybridized carbons (Fsp3) is 0.429. The predicted molar refractivity (Wildman–Crippen MR) is 69.9 cm³/mol. The first-order chi connectivity index (χ1) is 9.10. The number of hydrogen-bond donors (Lipinski definition) is 1. The normalized spacial score (nSPS) is 18.2. The molecule has 0 bridgehead atoms. The van der Waals surface area contributed by atoms with Crippen LogP contribution < -0.4 is 10.5 Å². The van der Waals surface area contributed by atoms with Crippen molar-refractivity contribution in [2.75, 3.05) is 6.54 Å². The molecule has 0 amide bonds. The smallest absolute Gasteiger partial charge is 0.233 e. The van der Waals surface area contributed by atoms with Gasteiger partial charge in [-0.25, -0.2) is 0 Å². The molecule has 1 atom stereocenters. The number of fused-ring (bicyclic) bond motifs is 1. The summed E-state index contributed by atoms with van der Waals surface area (Å²) in [6.07, 6.45) is 0.613. The number of aromatic nitrogens is 2. The predicted octanol–water partition coefficient (Wildman–Crippen LogP) is 1.98. The molecule has 100 valence electrons.